The minimum Gasteiger partial charge on any atom is -0.351 e. The van der Waals surface area contributed by atoms with Crippen molar-refractivity contribution in [2.75, 3.05) is 11.4 Å². The maximum atomic E-state index is 8.79. The minimum atomic E-state index is 0.532. The summed E-state index contributed by atoms with van der Waals surface area (Å²) in [4.78, 5) is 11.6. The Morgan fingerprint density at radius 3 is 2.58 bits per heavy atom. The zero-order chi connectivity index (χ0) is 13.2. The van der Waals surface area contributed by atoms with Gasteiger partial charge in [-0.3, -0.25) is 0 Å². The zero-order valence-corrected chi connectivity index (χ0v) is 11.0. The molecule has 1 saturated carbocycles. The average Bonchev–Trinajstić information content (AvgIpc) is 3.24. The number of para-hydroxylation sites is 2. The number of hydrogen-bond acceptors (Lipinski definition) is 4. The lowest BCUT2D eigenvalue weighted by atomic mass is 10.2. The van der Waals surface area contributed by atoms with Crippen molar-refractivity contribution in [1.82, 2.24) is 9.97 Å². The van der Waals surface area contributed by atoms with Crippen molar-refractivity contribution in [3.05, 3.63) is 30.0 Å². The van der Waals surface area contributed by atoms with Crippen LogP contribution >= 0.6 is 0 Å². The molecular formula is C15H16N4. The number of fused-ring (bicyclic) bond motifs is 1. The molecule has 0 amide bonds. The van der Waals surface area contributed by atoms with Crippen LogP contribution in [0, 0.1) is 18.3 Å². The third-order valence-corrected chi connectivity index (χ3v) is 3.44. The third kappa shape index (κ3) is 2.37. The Morgan fingerprint density at radius 2 is 1.95 bits per heavy atom. The number of aryl methyl sites for hydroxylation is 1. The van der Waals surface area contributed by atoms with Crippen molar-refractivity contribution in [3.63, 3.8) is 0 Å². The van der Waals surface area contributed by atoms with Crippen LogP contribution in [-0.2, 0) is 0 Å². The number of anilines is 1. The van der Waals surface area contributed by atoms with Gasteiger partial charge in [-0.25, -0.2) is 9.97 Å². The molecule has 4 heteroatoms. The first-order valence-corrected chi connectivity index (χ1v) is 6.66. The molecule has 2 aromatic rings. The second-order valence-corrected chi connectivity index (χ2v) is 4.95. The van der Waals surface area contributed by atoms with Gasteiger partial charge in [-0.2, -0.15) is 5.26 Å². The molecule has 1 aliphatic carbocycles. The molecule has 0 spiro atoms. The van der Waals surface area contributed by atoms with E-state index < -0.39 is 0 Å². The summed E-state index contributed by atoms with van der Waals surface area (Å²) in [5.41, 5.74) is 2.80. The van der Waals surface area contributed by atoms with Crippen LogP contribution < -0.4 is 4.90 Å². The third-order valence-electron chi connectivity index (χ3n) is 3.44. The lowest BCUT2D eigenvalue weighted by Crippen LogP contribution is -2.28. The van der Waals surface area contributed by atoms with E-state index in [1.807, 2.05) is 31.2 Å². The van der Waals surface area contributed by atoms with E-state index in [4.69, 9.17) is 10.2 Å². The summed E-state index contributed by atoms with van der Waals surface area (Å²) in [6.07, 6.45) is 2.92. The molecule has 1 aromatic heterocycles. The van der Waals surface area contributed by atoms with Crippen molar-refractivity contribution in [3.8, 4) is 6.07 Å². The van der Waals surface area contributed by atoms with Crippen LogP contribution in [0.15, 0.2) is 24.3 Å². The van der Waals surface area contributed by atoms with Crippen molar-refractivity contribution in [1.29, 1.82) is 5.26 Å². The van der Waals surface area contributed by atoms with E-state index in [-0.39, 0.29) is 0 Å². The van der Waals surface area contributed by atoms with Crippen LogP contribution in [0.25, 0.3) is 11.0 Å². The lowest BCUT2D eigenvalue weighted by Gasteiger charge is -2.23. The highest BCUT2D eigenvalue weighted by Crippen LogP contribution is 2.32. The highest BCUT2D eigenvalue weighted by atomic mass is 15.2. The number of aromatic nitrogens is 2. The molecule has 0 atom stereocenters. The summed E-state index contributed by atoms with van der Waals surface area (Å²) in [6.45, 7) is 2.74. The summed E-state index contributed by atoms with van der Waals surface area (Å²) in [7, 11) is 0. The Bertz CT molecular complexity index is 640. The van der Waals surface area contributed by atoms with Crippen LogP contribution in [-0.4, -0.2) is 22.6 Å². The predicted molar refractivity (Wildman–Crippen MR) is 74.9 cm³/mol. The number of nitrogens with zero attached hydrogens (tertiary/aromatic N) is 4. The van der Waals surface area contributed by atoms with Gasteiger partial charge in [0.2, 0.25) is 0 Å². The van der Waals surface area contributed by atoms with Gasteiger partial charge in [0, 0.05) is 12.6 Å². The molecule has 0 unspecified atom stereocenters. The Morgan fingerprint density at radius 1 is 1.26 bits per heavy atom. The van der Waals surface area contributed by atoms with Crippen molar-refractivity contribution in [2.45, 2.75) is 32.2 Å². The van der Waals surface area contributed by atoms with E-state index in [1.165, 1.54) is 12.8 Å². The van der Waals surface area contributed by atoms with E-state index >= 15 is 0 Å². The van der Waals surface area contributed by atoms with Gasteiger partial charge in [0.05, 0.1) is 29.2 Å². The van der Waals surface area contributed by atoms with E-state index in [9.17, 15) is 0 Å². The van der Waals surface area contributed by atoms with Crippen molar-refractivity contribution >= 4 is 16.9 Å². The Labute approximate surface area is 112 Å². The van der Waals surface area contributed by atoms with Crippen LogP contribution in [0.3, 0.4) is 0 Å². The number of hydrogen-bond donors (Lipinski definition) is 0. The van der Waals surface area contributed by atoms with Gasteiger partial charge in [-0.05, 0) is 31.9 Å². The fourth-order valence-electron chi connectivity index (χ4n) is 2.37. The number of nitriles is 1. The maximum Gasteiger partial charge on any atom is 0.151 e. The predicted octanol–water partition coefficient (Wildman–Crippen LogP) is 2.82. The Balaban J connectivity index is 2.02. The van der Waals surface area contributed by atoms with Crippen LogP contribution in [0.4, 0.5) is 5.82 Å². The second-order valence-electron chi connectivity index (χ2n) is 4.95. The average molecular weight is 252 g/mol. The number of rotatable bonds is 4. The molecule has 0 bridgehead atoms. The largest absolute Gasteiger partial charge is 0.351 e. The van der Waals surface area contributed by atoms with Gasteiger partial charge in [0.15, 0.2) is 5.82 Å². The van der Waals surface area contributed by atoms with Gasteiger partial charge in [-0.1, -0.05) is 12.1 Å². The first-order valence-electron chi connectivity index (χ1n) is 6.66. The summed E-state index contributed by atoms with van der Waals surface area (Å²) < 4.78 is 0. The van der Waals surface area contributed by atoms with Crippen LogP contribution in [0.2, 0.25) is 0 Å². The molecule has 0 N–H and O–H groups in total. The van der Waals surface area contributed by atoms with Gasteiger partial charge < -0.3 is 4.90 Å². The molecule has 1 fully saturated rings. The topological polar surface area (TPSA) is 52.8 Å². The Hall–Kier alpha value is -2.15. The maximum absolute atomic E-state index is 8.79. The monoisotopic (exact) mass is 252 g/mol. The van der Waals surface area contributed by atoms with E-state index in [0.29, 0.717) is 12.5 Å². The molecular weight excluding hydrogens is 236 g/mol. The summed E-state index contributed by atoms with van der Waals surface area (Å²) >= 11 is 0. The summed E-state index contributed by atoms with van der Waals surface area (Å²) in [6, 6.07) is 10.7. The highest BCUT2D eigenvalue weighted by molar-refractivity contribution is 5.76. The van der Waals surface area contributed by atoms with Crippen LogP contribution in [0.1, 0.15) is 25.0 Å². The molecule has 1 aromatic carbocycles. The minimum absolute atomic E-state index is 0.532. The van der Waals surface area contributed by atoms with Crippen molar-refractivity contribution in [2.24, 2.45) is 0 Å². The fourth-order valence-corrected chi connectivity index (χ4v) is 2.37. The standard InChI is InChI=1S/C15H16N4/c1-11-15(19(10-4-9-16)12-7-8-12)18-14-6-3-2-5-13(14)17-11/h2-3,5-6,12H,4,7-8,10H2,1H3. The van der Waals surface area contributed by atoms with Gasteiger partial charge in [0.1, 0.15) is 0 Å². The van der Waals surface area contributed by atoms with Gasteiger partial charge in [0.25, 0.3) is 0 Å². The molecule has 0 saturated heterocycles. The molecule has 1 heterocycles. The van der Waals surface area contributed by atoms with E-state index in [0.717, 1.165) is 29.1 Å². The molecule has 96 valence electrons. The second kappa shape index (κ2) is 4.85. The van der Waals surface area contributed by atoms with Gasteiger partial charge >= 0.3 is 0 Å². The smallest absolute Gasteiger partial charge is 0.151 e. The SMILES string of the molecule is Cc1nc2ccccc2nc1N(CCC#N)C1CC1. The first-order chi connectivity index (χ1) is 9.29. The molecule has 3 rings (SSSR count). The Kier molecular flexibility index (Phi) is 3.04. The summed E-state index contributed by atoms with van der Waals surface area (Å²) in [5.74, 6) is 0.941. The van der Waals surface area contributed by atoms with Crippen molar-refractivity contribution < 1.29 is 0 Å². The van der Waals surface area contributed by atoms with E-state index in [1.54, 1.807) is 0 Å². The van der Waals surface area contributed by atoms with E-state index in [2.05, 4.69) is 16.0 Å². The summed E-state index contributed by atoms with van der Waals surface area (Å²) in [5, 5.41) is 8.79. The molecule has 0 aliphatic heterocycles. The van der Waals surface area contributed by atoms with Gasteiger partial charge in [-0.15, -0.1) is 0 Å². The molecule has 0 radical (unpaired) electrons. The normalized spacial score (nSPS) is 14.3. The molecule has 4 nitrogen and oxygen atoms in total. The van der Waals surface area contributed by atoms with Crippen LogP contribution in [0.5, 0.6) is 0 Å². The molecule has 1 aliphatic rings. The zero-order valence-electron chi connectivity index (χ0n) is 11.0. The number of benzene rings is 1. The molecule has 19 heavy (non-hydrogen) atoms. The fraction of sp³-hybridized carbons (Fsp3) is 0.400. The first kappa shape index (κ1) is 11.9. The lowest BCUT2D eigenvalue weighted by molar-refractivity contribution is 0.772. The quantitative estimate of drug-likeness (QED) is 0.839. The highest BCUT2D eigenvalue weighted by Gasteiger charge is 2.31.